The van der Waals surface area contributed by atoms with Gasteiger partial charge in [0.1, 0.15) is 6.21 Å². The molecule has 0 bridgehead atoms. The van der Waals surface area contributed by atoms with Crippen LogP contribution in [-0.2, 0) is 4.79 Å². The predicted octanol–water partition coefficient (Wildman–Crippen LogP) is 0.201. The van der Waals surface area contributed by atoms with E-state index < -0.39 is 5.78 Å². The highest BCUT2D eigenvalue weighted by Crippen LogP contribution is 1.63. The van der Waals surface area contributed by atoms with Gasteiger partial charge in [-0.1, -0.05) is 11.7 Å². The summed E-state index contributed by atoms with van der Waals surface area (Å²) in [5.74, 6) is -0.400. The van der Waals surface area contributed by atoms with Crippen LogP contribution in [0.25, 0.3) is 0 Å². The molecule has 0 fully saturated rings. The van der Waals surface area contributed by atoms with Gasteiger partial charge in [0.15, 0.2) is 5.78 Å². The Morgan fingerprint density at radius 3 is 2.57 bits per heavy atom. The number of hydrogen-bond donors (Lipinski definition) is 1. The lowest BCUT2D eigenvalue weighted by Gasteiger charge is -1.70. The summed E-state index contributed by atoms with van der Waals surface area (Å²) < 4.78 is 0. The van der Waals surface area contributed by atoms with Crippen molar-refractivity contribution in [3.8, 4) is 0 Å². The Labute approximate surface area is 40.9 Å². The van der Waals surface area contributed by atoms with Gasteiger partial charge in [-0.2, -0.15) is 0 Å². The van der Waals surface area contributed by atoms with Crippen LogP contribution in [0.15, 0.2) is 17.8 Å². The summed E-state index contributed by atoms with van der Waals surface area (Å²) in [6.07, 6.45) is 1.83. The van der Waals surface area contributed by atoms with E-state index in [-0.39, 0.29) is 0 Å². The molecule has 0 amide bonds. The third kappa shape index (κ3) is 2.69. The third-order valence-corrected chi connectivity index (χ3v) is 0.386. The van der Waals surface area contributed by atoms with Crippen LogP contribution < -0.4 is 0 Å². The molecular weight excluding hydrogens is 94.0 g/mol. The highest BCUT2D eigenvalue weighted by atomic mass is 16.4. The third-order valence-electron chi connectivity index (χ3n) is 0.386. The number of carbonyl (C=O) groups excluding carboxylic acids is 1. The van der Waals surface area contributed by atoms with Gasteiger partial charge in [0.25, 0.3) is 0 Å². The zero-order valence-electron chi connectivity index (χ0n) is 3.66. The van der Waals surface area contributed by atoms with Crippen LogP contribution in [0.2, 0.25) is 0 Å². The van der Waals surface area contributed by atoms with E-state index in [4.69, 9.17) is 5.21 Å². The van der Waals surface area contributed by atoms with Crippen molar-refractivity contribution in [2.24, 2.45) is 5.16 Å². The zero-order valence-corrected chi connectivity index (χ0v) is 3.66. The van der Waals surface area contributed by atoms with Crippen LogP contribution in [0.4, 0.5) is 0 Å². The molecule has 0 atom stereocenters. The van der Waals surface area contributed by atoms with E-state index in [1.54, 1.807) is 0 Å². The molecule has 0 rings (SSSR count). The average Bonchev–Trinajstić information content (AvgIpc) is 1.68. The van der Waals surface area contributed by atoms with Gasteiger partial charge in [-0.05, 0) is 6.08 Å². The molecule has 0 spiro atoms. The fourth-order valence-corrected chi connectivity index (χ4v) is 0.110. The van der Waals surface area contributed by atoms with E-state index in [1.807, 2.05) is 0 Å². The lowest BCUT2D eigenvalue weighted by molar-refractivity contribution is -0.108. The molecule has 1 N–H and O–H groups in total. The molecule has 0 aromatic carbocycles. The molecule has 7 heavy (non-hydrogen) atoms. The van der Waals surface area contributed by atoms with Crippen LogP contribution in [0.1, 0.15) is 0 Å². The van der Waals surface area contributed by atoms with Crippen molar-refractivity contribution in [2.75, 3.05) is 0 Å². The van der Waals surface area contributed by atoms with E-state index >= 15 is 0 Å². The summed E-state index contributed by atoms with van der Waals surface area (Å²) in [6.45, 7) is 3.13. The molecule has 0 aliphatic carbocycles. The minimum Gasteiger partial charge on any atom is -0.411 e. The monoisotopic (exact) mass is 99.0 g/mol. The number of rotatable bonds is 2. The molecular formula is C4H5NO2. The van der Waals surface area contributed by atoms with Gasteiger partial charge < -0.3 is 5.21 Å². The standard InChI is InChI=1S/C4H5NO2/c1-2-4(6)3-5-7/h2-3,7H,1H2. The molecule has 0 aliphatic heterocycles. The van der Waals surface area contributed by atoms with Gasteiger partial charge in [0.2, 0.25) is 0 Å². The topological polar surface area (TPSA) is 49.7 Å². The van der Waals surface area contributed by atoms with Gasteiger partial charge >= 0.3 is 0 Å². The average molecular weight is 99.1 g/mol. The van der Waals surface area contributed by atoms with Crippen molar-refractivity contribution < 1.29 is 10.0 Å². The van der Waals surface area contributed by atoms with Crippen LogP contribution >= 0.6 is 0 Å². The number of allylic oxidation sites excluding steroid dienone is 1. The highest BCUT2D eigenvalue weighted by Gasteiger charge is 1.81. The SMILES string of the molecule is C=CC(=O)C=NO. The zero-order chi connectivity index (χ0) is 5.70. The Hall–Kier alpha value is -1.12. The Morgan fingerprint density at radius 1 is 1.86 bits per heavy atom. The predicted molar refractivity (Wildman–Crippen MR) is 25.5 cm³/mol. The molecule has 0 aliphatic rings. The fraction of sp³-hybridized carbons (Fsp3) is 0. The first-order chi connectivity index (χ1) is 3.31. The Kier molecular flexibility index (Phi) is 2.59. The van der Waals surface area contributed by atoms with E-state index in [2.05, 4.69) is 11.7 Å². The lowest BCUT2D eigenvalue weighted by Crippen LogP contribution is -1.90. The van der Waals surface area contributed by atoms with Crippen molar-refractivity contribution in [2.45, 2.75) is 0 Å². The van der Waals surface area contributed by atoms with Crippen molar-refractivity contribution >= 4 is 12.0 Å². The fourth-order valence-electron chi connectivity index (χ4n) is 0.110. The first kappa shape index (κ1) is 5.88. The van der Waals surface area contributed by atoms with Gasteiger partial charge in [0.05, 0.1) is 0 Å². The van der Waals surface area contributed by atoms with Crippen molar-refractivity contribution in [1.29, 1.82) is 0 Å². The molecule has 0 saturated carbocycles. The molecule has 0 aromatic heterocycles. The number of hydrogen-bond acceptors (Lipinski definition) is 3. The molecule has 38 valence electrons. The molecule has 3 heteroatoms. The van der Waals surface area contributed by atoms with Crippen molar-refractivity contribution in [3.63, 3.8) is 0 Å². The van der Waals surface area contributed by atoms with Gasteiger partial charge in [-0.25, -0.2) is 0 Å². The molecule has 0 heterocycles. The van der Waals surface area contributed by atoms with Crippen molar-refractivity contribution in [1.82, 2.24) is 0 Å². The van der Waals surface area contributed by atoms with Gasteiger partial charge in [-0.15, -0.1) is 0 Å². The maximum absolute atomic E-state index is 9.98. The molecule has 0 unspecified atom stereocenters. The second kappa shape index (κ2) is 3.08. The Balaban J connectivity index is 3.58. The van der Waals surface area contributed by atoms with E-state index in [0.717, 1.165) is 12.3 Å². The van der Waals surface area contributed by atoms with E-state index in [1.165, 1.54) is 0 Å². The van der Waals surface area contributed by atoms with Crippen LogP contribution in [-0.4, -0.2) is 17.2 Å². The molecule has 0 saturated heterocycles. The number of ketones is 1. The molecule has 3 nitrogen and oxygen atoms in total. The second-order valence-electron chi connectivity index (χ2n) is 0.851. The maximum atomic E-state index is 9.98. The second-order valence-corrected chi connectivity index (χ2v) is 0.851. The van der Waals surface area contributed by atoms with Gasteiger partial charge in [-0.3, -0.25) is 4.79 Å². The van der Waals surface area contributed by atoms with Crippen LogP contribution in [0.5, 0.6) is 0 Å². The molecule has 0 aromatic rings. The van der Waals surface area contributed by atoms with E-state index in [0.29, 0.717) is 0 Å². The summed E-state index contributed by atoms with van der Waals surface area (Å²) in [5, 5.41) is 10.1. The largest absolute Gasteiger partial charge is 0.411 e. The number of nitrogens with zero attached hydrogens (tertiary/aromatic N) is 1. The summed E-state index contributed by atoms with van der Waals surface area (Å²) in [6, 6.07) is 0. The first-order valence-corrected chi connectivity index (χ1v) is 1.65. The quantitative estimate of drug-likeness (QED) is 0.233. The number of carbonyl (C=O) groups is 1. The lowest BCUT2D eigenvalue weighted by atomic mass is 10.4. The summed E-state index contributed by atoms with van der Waals surface area (Å²) in [7, 11) is 0. The smallest absolute Gasteiger partial charge is 0.199 e. The maximum Gasteiger partial charge on any atom is 0.199 e. The first-order valence-electron chi connectivity index (χ1n) is 1.65. The summed E-state index contributed by atoms with van der Waals surface area (Å²) in [4.78, 5) is 9.98. The van der Waals surface area contributed by atoms with Gasteiger partial charge in [0, 0.05) is 0 Å². The minimum absolute atomic E-state index is 0.400. The number of oxime groups is 1. The van der Waals surface area contributed by atoms with Crippen LogP contribution in [0.3, 0.4) is 0 Å². The van der Waals surface area contributed by atoms with E-state index in [9.17, 15) is 4.79 Å². The molecule has 0 radical (unpaired) electrons. The van der Waals surface area contributed by atoms with Crippen molar-refractivity contribution in [3.05, 3.63) is 12.7 Å². The van der Waals surface area contributed by atoms with Crippen LogP contribution in [0, 0.1) is 0 Å². The Morgan fingerprint density at radius 2 is 2.43 bits per heavy atom. The summed E-state index contributed by atoms with van der Waals surface area (Å²) >= 11 is 0. The minimum atomic E-state index is -0.400. The normalized spacial score (nSPS) is 9.14. The summed E-state index contributed by atoms with van der Waals surface area (Å²) in [5.41, 5.74) is 0. The highest BCUT2D eigenvalue weighted by molar-refractivity contribution is 6.32. The Bertz CT molecular complexity index is 106.